The fraction of sp³-hybridized carbons (Fsp3) is 0.0769. The van der Waals surface area contributed by atoms with Gasteiger partial charge in [-0.25, -0.2) is 0 Å². The summed E-state index contributed by atoms with van der Waals surface area (Å²) in [5, 5.41) is 12.1. The van der Waals surface area contributed by atoms with E-state index < -0.39 is 0 Å². The quantitative estimate of drug-likeness (QED) is 0.915. The summed E-state index contributed by atoms with van der Waals surface area (Å²) >= 11 is 3.44. The van der Waals surface area contributed by atoms with E-state index >= 15 is 0 Å². The topological polar surface area (TPSA) is 48.7 Å². The van der Waals surface area contributed by atoms with E-state index in [1.165, 1.54) is 0 Å². The number of anilines is 2. The number of nitrogens with one attached hydrogen (secondary N) is 1. The van der Waals surface area contributed by atoms with Crippen LogP contribution in [0.4, 0.5) is 11.4 Å². The molecule has 2 aromatic rings. The number of hydrogen-bond acceptors (Lipinski definition) is 3. The van der Waals surface area contributed by atoms with Crippen molar-refractivity contribution in [2.75, 3.05) is 5.32 Å². The molecule has 0 spiro atoms. The summed E-state index contributed by atoms with van der Waals surface area (Å²) in [6.45, 7) is 2.02. The minimum Gasteiger partial charge on any atom is -0.353 e. The summed E-state index contributed by atoms with van der Waals surface area (Å²) in [4.78, 5) is 4.07. The molecule has 4 heteroatoms. The van der Waals surface area contributed by atoms with Crippen LogP contribution < -0.4 is 5.32 Å². The first-order chi connectivity index (χ1) is 8.20. The Morgan fingerprint density at radius 3 is 2.76 bits per heavy atom. The maximum atomic E-state index is 8.79. The standard InChI is InChI=1S/C13H10BrN3/c1-9-4-5-16-8-13(9)17-12-3-2-10(7-15)6-11(12)14/h2-6,8,17H,1H3. The maximum Gasteiger partial charge on any atom is 0.0992 e. The Labute approximate surface area is 108 Å². The molecule has 1 heterocycles. The van der Waals surface area contributed by atoms with E-state index in [1.54, 1.807) is 24.5 Å². The molecule has 84 valence electrons. The Bertz CT molecular complexity index is 587. The highest BCUT2D eigenvalue weighted by molar-refractivity contribution is 9.10. The van der Waals surface area contributed by atoms with Crippen LogP contribution in [-0.4, -0.2) is 4.98 Å². The van der Waals surface area contributed by atoms with Crippen LogP contribution >= 0.6 is 15.9 Å². The Morgan fingerprint density at radius 1 is 1.29 bits per heavy atom. The molecule has 0 aliphatic rings. The normalized spacial score (nSPS) is 9.71. The Balaban J connectivity index is 2.32. The lowest BCUT2D eigenvalue weighted by Gasteiger charge is -2.10. The molecule has 0 atom stereocenters. The van der Waals surface area contributed by atoms with Crippen molar-refractivity contribution in [1.82, 2.24) is 4.98 Å². The van der Waals surface area contributed by atoms with Crippen LogP contribution in [-0.2, 0) is 0 Å². The van der Waals surface area contributed by atoms with Gasteiger partial charge in [0.2, 0.25) is 0 Å². The third kappa shape index (κ3) is 2.63. The third-order valence-electron chi connectivity index (χ3n) is 2.41. The van der Waals surface area contributed by atoms with Gasteiger partial charge in [-0.1, -0.05) is 0 Å². The molecule has 17 heavy (non-hydrogen) atoms. The molecule has 1 aromatic heterocycles. The number of benzene rings is 1. The van der Waals surface area contributed by atoms with Crippen LogP contribution in [0.5, 0.6) is 0 Å². The minimum absolute atomic E-state index is 0.630. The van der Waals surface area contributed by atoms with Gasteiger partial charge in [0.1, 0.15) is 0 Å². The van der Waals surface area contributed by atoms with E-state index in [0.29, 0.717) is 5.56 Å². The molecule has 3 nitrogen and oxygen atoms in total. The van der Waals surface area contributed by atoms with Gasteiger partial charge in [-0.05, 0) is 52.7 Å². The summed E-state index contributed by atoms with van der Waals surface area (Å²) in [6.07, 6.45) is 3.54. The largest absolute Gasteiger partial charge is 0.353 e. The molecule has 0 saturated heterocycles. The summed E-state index contributed by atoms with van der Waals surface area (Å²) in [5.74, 6) is 0. The molecule has 0 saturated carbocycles. The van der Waals surface area contributed by atoms with Crippen LogP contribution in [0.3, 0.4) is 0 Å². The van der Waals surface area contributed by atoms with Gasteiger partial charge in [-0.15, -0.1) is 0 Å². The van der Waals surface area contributed by atoms with Crippen LogP contribution in [0.1, 0.15) is 11.1 Å². The zero-order chi connectivity index (χ0) is 12.3. The van der Waals surface area contributed by atoms with Gasteiger partial charge in [0.05, 0.1) is 29.2 Å². The highest BCUT2D eigenvalue weighted by Gasteiger charge is 2.03. The molecule has 0 fully saturated rings. The molecular formula is C13H10BrN3. The fourth-order valence-electron chi connectivity index (χ4n) is 1.43. The SMILES string of the molecule is Cc1ccncc1Nc1ccc(C#N)cc1Br. The molecule has 1 aromatic carbocycles. The predicted octanol–water partition coefficient (Wildman–Crippen LogP) is 3.77. The number of rotatable bonds is 2. The first-order valence-corrected chi connectivity index (χ1v) is 5.87. The lowest BCUT2D eigenvalue weighted by atomic mass is 10.2. The number of nitriles is 1. The number of halogens is 1. The fourth-order valence-corrected chi connectivity index (χ4v) is 1.90. The Hall–Kier alpha value is -1.86. The van der Waals surface area contributed by atoms with E-state index in [4.69, 9.17) is 5.26 Å². The number of aromatic nitrogens is 1. The average Bonchev–Trinajstić information content (AvgIpc) is 2.34. The molecule has 0 radical (unpaired) electrons. The van der Waals surface area contributed by atoms with Crippen molar-refractivity contribution in [3.8, 4) is 6.07 Å². The van der Waals surface area contributed by atoms with Gasteiger partial charge < -0.3 is 5.32 Å². The summed E-state index contributed by atoms with van der Waals surface area (Å²) in [6, 6.07) is 9.48. The third-order valence-corrected chi connectivity index (χ3v) is 3.06. The van der Waals surface area contributed by atoms with Gasteiger partial charge in [0, 0.05) is 10.7 Å². The van der Waals surface area contributed by atoms with Gasteiger partial charge in [-0.2, -0.15) is 5.26 Å². The van der Waals surface area contributed by atoms with E-state index in [1.807, 2.05) is 19.1 Å². The van der Waals surface area contributed by atoms with Gasteiger partial charge in [0.15, 0.2) is 0 Å². The Kier molecular flexibility index (Phi) is 3.40. The first kappa shape index (κ1) is 11.6. The zero-order valence-electron chi connectivity index (χ0n) is 9.24. The molecule has 0 unspecified atom stereocenters. The Morgan fingerprint density at radius 2 is 2.12 bits per heavy atom. The number of hydrogen-bond donors (Lipinski definition) is 1. The smallest absolute Gasteiger partial charge is 0.0992 e. The average molecular weight is 288 g/mol. The highest BCUT2D eigenvalue weighted by atomic mass is 79.9. The van der Waals surface area contributed by atoms with Crippen LogP contribution in [0.15, 0.2) is 41.1 Å². The van der Waals surface area contributed by atoms with Gasteiger partial charge in [-0.3, -0.25) is 4.98 Å². The van der Waals surface area contributed by atoms with Crippen LogP contribution in [0.2, 0.25) is 0 Å². The van der Waals surface area contributed by atoms with Crippen molar-refractivity contribution >= 4 is 27.3 Å². The van der Waals surface area contributed by atoms with E-state index in [9.17, 15) is 0 Å². The van der Waals surface area contributed by atoms with Crippen LogP contribution in [0.25, 0.3) is 0 Å². The molecule has 0 aliphatic carbocycles. The molecular weight excluding hydrogens is 278 g/mol. The lowest BCUT2D eigenvalue weighted by Crippen LogP contribution is -1.95. The van der Waals surface area contributed by atoms with E-state index in [0.717, 1.165) is 21.4 Å². The highest BCUT2D eigenvalue weighted by Crippen LogP contribution is 2.27. The molecule has 0 aliphatic heterocycles. The van der Waals surface area contributed by atoms with Crippen molar-refractivity contribution in [3.05, 3.63) is 52.3 Å². The van der Waals surface area contributed by atoms with Crippen molar-refractivity contribution in [2.24, 2.45) is 0 Å². The van der Waals surface area contributed by atoms with Crippen molar-refractivity contribution in [3.63, 3.8) is 0 Å². The number of nitrogens with zero attached hydrogens (tertiary/aromatic N) is 2. The van der Waals surface area contributed by atoms with E-state index in [-0.39, 0.29) is 0 Å². The monoisotopic (exact) mass is 287 g/mol. The summed E-state index contributed by atoms with van der Waals surface area (Å²) in [7, 11) is 0. The second kappa shape index (κ2) is 4.98. The number of pyridine rings is 1. The predicted molar refractivity (Wildman–Crippen MR) is 71.1 cm³/mol. The first-order valence-electron chi connectivity index (χ1n) is 5.08. The van der Waals surface area contributed by atoms with Crippen molar-refractivity contribution < 1.29 is 0 Å². The minimum atomic E-state index is 0.630. The lowest BCUT2D eigenvalue weighted by molar-refractivity contribution is 1.28. The second-order valence-corrected chi connectivity index (χ2v) is 4.48. The molecule has 1 N–H and O–H groups in total. The summed E-state index contributed by atoms with van der Waals surface area (Å²) < 4.78 is 0.861. The maximum absolute atomic E-state index is 8.79. The number of aryl methyl sites for hydroxylation is 1. The van der Waals surface area contributed by atoms with Gasteiger partial charge >= 0.3 is 0 Å². The van der Waals surface area contributed by atoms with Crippen LogP contribution in [0, 0.1) is 18.3 Å². The molecule has 0 amide bonds. The summed E-state index contributed by atoms with van der Waals surface area (Å²) in [5.41, 5.74) is 3.62. The molecule has 2 rings (SSSR count). The van der Waals surface area contributed by atoms with E-state index in [2.05, 4.69) is 32.3 Å². The molecule has 0 bridgehead atoms. The van der Waals surface area contributed by atoms with Crippen molar-refractivity contribution in [1.29, 1.82) is 5.26 Å². The van der Waals surface area contributed by atoms with Gasteiger partial charge in [0.25, 0.3) is 0 Å². The second-order valence-electron chi connectivity index (χ2n) is 3.62. The zero-order valence-corrected chi connectivity index (χ0v) is 10.8. The van der Waals surface area contributed by atoms with Crippen molar-refractivity contribution in [2.45, 2.75) is 6.92 Å².